The normalized spacial score (nSPS) is 11.8. The highest BCUT2D eigenvalue weighted by Gasteiger charge is 2.23. The monoisotopic (exact) mass is 239 g/mol. The van der Waals surface area contributed by atoms with Crippen LogP contribution < -0.4 is 0 Å². The minimum Gasteiger partial charge on any atom is -0.261 e. The molecular formula is C17H21N. The zero-order valence-electron chi connectivity index (χ0n) is 11.6. The Labute approximate surface area is 110 Å². The van der Waals surface area contributed by atoms with Crippen LogP contribution in [0.4, 0.5) is 0 Å². The summed E-state index contributed by atoms with van der Waals surface area (Å²) < 4.78 is 0. The molecule has 1 aromatic carbocycles. The maximum Gasteiger partial charge on any atom is 0.0429 e. The van der Waals surface area contributed by atoms with Crippen molar-refractivity contribution >= 4 is 0 Å². The molecule has 0 aliphatic carbocycles. The van der Waals surface area contributed by atoms with Gasteiger partial charge in [-0.15, -0.1) is 0 Å². The van der Waals surface area contributed by atoms with E-state index in [2.05, 4.69) is 75.1 Å². The third kappa shape index (κ3) is 2.45. The van der Waals surface area contributed by atoms with Gasteiger partial charge in [-0.1, -0.05) is 64.1 Å². The van der Waals surface area contributed by atoms with E-state index in [1.807, 2.05) is 6.20 Å². The maximum atomic E-state index is 4.57. The van der Waals surface area contributed by atoms with E-state index in [-0.39, 0.29) is 5.41 Å². The van der Waals surface area contributed by atoms with E-state index in [0.717, 1.165) is 5.69 Å². The van der Waals surface area contributed by atoms with Crippen molar-refractivity contribution in [3.8, 4) is 0 Å². The number of hydrogen-bond acceptors (Lipinski definition) is 1. The van der Waals surface area contributed by atoms with Crippen molar-refractivity contribution in [3.63, 3.8) is 0 Å². The Balaban J connectivity index is 2.36. The molecule has 2 aromatic rings. The predicted molar refractivity (Wildman–Crippen MR) is 76.9 cm³/mol. The molecule has 0 aliphatic heterocycles. The van der Waals surface area contributed by atoms with Gasteiger partial charge in [0.25, 0.3) is 0 Å². The van der Waals surface area contributed by atoms with Gasteiger partial charge < -0.3 is 0 Å². The van der Waals surface area contributed by atoms with Crippen molar-refractivity contribution in [2.75, 3.05) is 0 Å². The molecule has 0 aliphatic rings. The van der Waals surface area contributed by atoms with Gasteiger partial charge in [0.05, 0.1) is 0 Å². The van der Waals surface area contributed by atoms with Crippen LogP contribution in [0.2, 0.25) is 0 Å². The molecule has 0 radical (unpaired) electrons. The lowest BCUT2D eigenvalue weighted by Gasteiger charge is -2.26. The Kier molecular flexibility index (Phi) is 3.51. The molecule has 0 unspecified atom stereocenters. The first-order valence-electron chi connectivity index (χ1n) is 6.54. The van der Waals surface area contributed by atoms with Crippen molar-refractivity contribution in [3.05, 3.63) is 65.5 Å². The molecule has 0 N–H and O–H groups in total. The largest absolute Gasteiger partial charge is 0.261 e. The van der Waals surface area contributed by atoms with Gasteiger partial charge in [0, 0.05) is 17.3 Å². The van der Waals surface area contributed by atoms with Crippen LogP contribution in [0, 0.1) is 0 Å². The second-order valence-electron chi connectivity index (χ2n) is 5.62. The van der Waals surface area contributed by atoms with E-state index in [4.69, 9.17) is 0 Å². The first-order chi connectivity index (χ1) is 8.51. The zero-order valence-corrected chi connectivity index (χ0v) is 11.6. The minimum absolute atomic E-state index is 0.00374. The second-order valence-corrected chi connectivity index (χ2v) is 5.62. The zero-order chi connectivity index (χ0) is 13.2. The van der Waals surface area contributed by atoms with Crippen LogP contribution in [0.3, 0.4) is 0 Å². The van der Waals surface area contributed by atoms with Crippen LogP contribution in [-0.4, -0.2) is 4.98 Å². The Hall–Kier alpha value is -1.63. The highest BCUT2D eigenvalue weighted by molar-refractivity contribution is 5.36. The topological polar surface area (TPSA) is 12.9 Å². The van der Waals surface area contributed by atoms with Crippen LogP contribution in [0.25, 0.3) is 0 Å². The first kappa shape index (κ1) is 12.8. The fraction of sp³-hybridized carbons (Fsp3) is 0.353. The molecule has 2 rings (SSSR count). The van der Waals surface area contributed by atoms with Crippen LogP contribution in [-0.2, 0) is 5.41 Å². The van der Waals surface area contributed by atoms with E-state index in [0.29, 0.717) is 5.92 Å². The fourth-order valence-electron chi connectivity index (χ4n) is 2.14. The van der Waals surface area contributed by atoms with Gasteiger partial charge in [-0.2, -0.15) is 0 Å². The third-order valence-corrected chi connectivity index (χ3v) is 3.60. The third-order valence-electron chi connectivity index (χ3n) is 3.60. The van der Waals surface area contributed by atoms with Gasteiger partial charge in [0.2, 0.25) is 0 Å². The van der Waals surface area contributed by atoms with Crippen molar-refractivity contribution in [1.82, 2.24) is 4.98 Å². The lowest BCUT2D eigenvalue weighted by atomic mass is 9.79. The molecule has 0 atom stereocenters. The Morgan fingerprint density at radius 2 is 1.56 bits per heavy atom. The highest BCUT2D eigenvalue weighted by atomic mass is 14.7. The van der Waals surface area contributed by atoms with Crippen molar-refractivity contribution in [2.24, 2.45) is 0 Å². The van der Waals surface area contributed by atoms with E-state index in [1.54, 1.807) is 0 Å². The molecular weight excluding hydrogens is 218 g/mol. The molecule has 0 amide bonds. The summed E-state index contributed by atoms with van der Waals surface area (Å²) in [5.74, 6) is 0.485. The molecule has 94 valence electrons. The molecule has 1 heterocycles. The van der Waals surface area contributed by atoms with Crippen LogP contribution in [0.1, 0.15) is 50.4 Å². The summed E-state index contributed by atoms with van der Waals surface area (Å²) >= 11 is 0. The number of pyridine rings is 1. The Morgan fingerprint density at radius 1 is 0.889 bits per heavy atom. The SMILES string of the molecule is CC(C)c1ccc(C(C)(C)c2ccccc2)cn1. The number of benzene rings is 1. The number of hydrogen-bond donors (Lipinski definition) is 0. The molecule has 1 nitrogen and oxygen atoms in total. The lowest BCUT2D eigenvalue weighted by Crippen LogP contribution is -2.19. The highest BCUT2D eigenvalue weighted by Crippen LogP contribution is 2.31. The average molecular weight is 239 g/mol. The van der Waals surface area contributed by atoms with Crippen LogP contribution in [0.5, 0.6) is 0 Å². The van der Waals surface area contributed by atoms with Gasteiger partial charge in [0.15, 0.2) is 0 Å². The molecule has 0 fully saturated rings. The van der Waals surface area contributed by atoms with E-state index < -0.39 is 0 Å². The molecule has 1 heteroatoms. The first-order valence-corrected chi connectivity index (χ1v) is 6.54. The maximum absolute atomic E-state index is 4.57. The Bertz CT molecular complexity index is 495. The van der Waals surface area contributed by atoms with Crippen LogP contribution in [0.15, 0.2) is 48.7 Å². The van der Waals surface area contributed by atoms with Crippen molar-refractivity contribution < 1.29 is 0 Å². The van der Waals surface area contributed by atoms with E-state index in [1.165, 1.54) is 11.1 Å². The molecule has 1 aromatic heterocycles. The van der Waals surface area contributed by atoms with Gasteiger partial charge >= 0.3 is 0 Å². The summed E-state index contributed by atoms with van der Waals surface area (Å²) in [5.41, 5.74) is 3.74. The second kappa shape index (κ2) is 4.93. The lowest BCUT2D eigenvalue weighted by molar-refractivity contribution is 0.635. The van der Waals surface area contributed by atoms with E-state index in [9.17, 15) is 0 Å². The summed E-state index contributed by atoms with van der Waals surface area (Å²) in [7, 11) is 0. The summed E-state index contributed by atoms with van der Waals surface area (Å²) in [6, 6.07) is 14.9. The molecule has 0 bridgehead atoms. The number of rotatable bonds is 3. The number of nitrogens with zero attached hydrogens (tertiary/aromatic N) is 1. The molecule has 0 saturated carbocycles. The summed E-state index contributed by atoms with van der Waals surface area (Å²) in [4.78, 5) is 4.57. The van der Waals surface area contributed by atoms with E-state index >= 15 is 0 Å². The molecule has 18 heavy (non-hydrogen) atoms. The van der Waals surface area contributed by atoms with Gasteiger partial charge in [0.1, 0.15) is 0 Å². The Morgan fingerprint density at radius 3 is 2.06 bits per heavy atom. The summed E-state index contributed by atoms with van der Waals surface area (Å²) in [6.45, 7) is 8.83. The average Bonchev–Trinajstić information content (AvgIpc) is 2.40. The summed E-state index contributed by atoms with van der Waals surface area (Å²) in [5, 5.41) is 0. The van der Waals surface area contributed by atoms with Crippen LogP contribution >= 0.6 is 0 Å². The molecule has 0 saturated heterocycles. The molecule has 0 spiro atoms. The summed E-state index contributed by atoms with van der Waals surface area (Å²) in [6.07, 6.45) is 2.02. The standard InChI is InChI=1S/C17H21N/c1-13(2)16-11-10-15(12-18-16)17(3,4)14-8-6-5-7-9-14/h5-13H,1-4H3. The smallest absolute Gasteiger partial charge is 0.0429 e. The van der Waals surface area contributed by atoms with Crippen molar-refractivity contribution in [1.29, 1.82) is 0 Å². The minimum atomic E-state index is 0.00374. The number of aromatic nitrogens is 1. The van der Waals surface area contributed by atoms with Crippen molar-refractivity contribution in [2.45, 2.75) is 39.0 Å². The fourth-order valence-corrected chi connectivity index (χ4v) is 2.14. The van der Waals surface area contributed by atoms with Gasteiger partial charge in [-0.3, -0.25) is 4.98 Å². The van der Waals surface area contributed by atoms with Gasteiger partial charge in [-0.25, -0.2) is 0 Å². The predicted octanol–water partition coefficient (Wildman–Crippen LogP) is 4.53. The van der Waals surface area contributed by atoms with Gasteiger partial charge in [-0.05, 0) is 23.1 Å². The quantitative estimate of drug-likeness (QED) is 0.766.